The molecule has 0 saturated heterocycles. The monoisotopic (exact) mass is 348 g/mol. The second kappa shape index (κ2) is 6.91. The van der Waals surface area contributed by atoms with E-state index in [0.29, 0.717) is 6.04 Å². The van der Waals surface area contributed by atoms with Crippen molar-refractivity contribution >= 4 is 26.7 Å². The van der Waals surface area contributed by atoms with E-state index in [0.717, 1.165) is 17.6 Å². The van der Waals surface area contributed by atoms with Gasteiger partial charge in [0.2, 0.25) is 0 Å². The van der Waals surface area contributed by atoms with Gasteiger partial charge in [0.05, 0.1) is 0 Å². The summed E-state index contributed by atoms with van der Waals surface area (Å²) in [6.45, 7) is 10.7. The Balaban J connectivity index is 1.92. The van der Waals surface area contributed by atoms with Crippen LogP contribution in [0.5, 0.6) is 0 Å². The number of halogens is 1. The first-order chi connectivity index (χ1) is 9.83. The average Bonchev–Trinajstić information content (AvgIpc) is 2.42. The summed E-state index contributed by atoms with van der Waals surface area (Å²) in [4.78, 5) is 0. The molecule has 1 atom stereocenters. The largest absolute Gasteiger partial charge is 0.311 e. The van der Waals surface area contributed by atoms with Crippen LogP contribution in [0.3, 0.4) is 0 Å². The van der Waals surface area contributed by atoms with Crippen molar-refractivity contribution in [1.29, 1.82) is 0 Å². The Hall–Kier alpha value is -0.900. The summed E-state index contributed by atoms with van der Waals surface area (Å²) in [5, 5.41) is 9.67. The highest BCUT2D eigenvalue weighted by molar-refractivity contribution is 9.10. The molecule has 0 amide bonds. The van der Waals surface area contributed by atoms with Gasteiger partial charge in [-0.15, -0.1) is 0 Å². The van der Waals surface area contributed by atoms with E-state index in [1.807, 2.05) is 0 Å². The molecule has 1 unspecified atom stereocenters. The molecule has 0 aromatic heterocycles. The second-order valence-corrected chi connectivity index (χ2v) is 7.65. The summed E-state index contributed by atoms with van der Waals surface area (Å²) < 4.78 is 1.13. The fourth-order valence-electron chi connectivity index (χ4n) is 2.20. The molecule has 2 aromatic rings. The Kier molecular flexibility index (Phi) is 5.42. The van der Waals surface area contributed by atoms with Crippen molar-refractivity contribution in [2.75, 3.05) is 6.54 Å². The number of hydrogen-bond donors (Lipinski definition) is 2. The van der Waals surface area contributed by atoms with Gasteiger partial charge in [-0.1, -0.05) is 34.1 Å². The number of rotatable bonds is 5. The molecule has 2 rings (SSSR count). The Labute approximate surface area is 136 Å². The van der Waals surface area contributed by atoms with Gasteiger partial charge in [0.15, 0.2) is 0 Å². The van der Waals surface area contributed by atoms with Crippen molar-refractivity contribution in [3.63, 3.8) is 0 Å². The van der Waals surface area contributed by atoms with Crippen LogP contribution in [0.2, 0.25) is 0 Å². The summed E-state index contributed by atoms with van der Waals surface area (Å²) in [6.07, 6.45) is 0. The van der Waals surface area contributed by atoms with Crippen molar-refractivity contribution < 1.29 is 0 Å². The van der Waals surface area contributed by atoms with Gasteiger partial charge in [0.1, 0.15) is 0 Å². The molecule has 0 radical (unpaired) electrons. The van der Waals surface area contributed by atoms with Crippen molar-refractivity contribution in [3.05, 3.63) is 46.4 Å². The van der Waals surface area contributed by atoms with Crippen LogP contribution in [0, 0.1) is 0 Å². The third-order valence-electron chi connectivity index (χ3n) is 3.46. The minimum atomic E-state index is 0.173. The lowest BCUT2D eigenvalue weighted by Crippen LogP contribution is -2.44. The van der Waals surface area contributed by atoms with E-state index < -0.39 is 0 Å². The summed E-state index contributed by atoms with van der Waals surface area (Å²) in [6, 6.07) is 13.5. The molecule has 21 heavy (non-hydrogen) atoms. The van der Waals surface area contributed by atoms with Crippen LogP contribution in [0.25, 0.3) is 10.8 Å². The molecule has 0 aliphatic heterocycles. The van der Waals surface area contributed by atoms with Crippen LogP contribution >= 0.6 is 15.9 Å². The van der Waals surface area contributed by atoms with Gasteiger partial charge in [-0.25, -0.2) is 0 Å². The minimum Gasteiger partial charge on any atom is -0.311 e. The van der Waals surface area contributed by atoms with Crippen LogP contribution in [-0.2, 0) is 6.54 Å². The van der Waals surface area contributed by atoms with Gasteiger partial charge in [0.25, 0.3) is 0 Å². The molecule has 2 aromatic carbocycles. The van der Waals surface area contributed by atoms with E-state index in [4.69, 9.17) is 0 Å². The fourth-order valence-corrected chi connectivity index (χ4v) is 2.58. The molecule has 0 aliphatic carbocycles. The summed E-state index contributed by atoms with van der Waals surface area (Å²) in [5.74, 6) is 0. The van der Waals surface area contributed by atoms with Gasteiger partial charge in [0, 0.05) is 29.1 Å². The lowest BCUT2D eigenvalue weighted by molar-refractivity contribution is 0.387. The van der Waals surface area contributed by atoms with Crippen molar-refractivity contribution in [2.45, 2.75) is 45.8 Å². The molecule has 3 heteroatoms. The van der Waals surface area contributed by atoms with E-state index in [1.54, 1.807) is 0 Å². The van der Waals surface area contributed by atoms with Crippen LogP contribution < -0.4 is 10.6 Å². The van der Waals surface area contributed by atoms with Gasteiger partial charge in [-0.3, -0.25) is 0 Å². The highest BCUT2D eigenvalue weighted by Crippen LogP contribution is 2.20. The molecule has 0 heterocycles. The summed E-state index contributed by atoms with van der Waals surface area (Å²) >= 11 is 3.51. The van der Waals surface area contributed by atoms with Gasteiger partial charge >= 0.3 is 0 Å². The number of benzene rings is 2. The molecule has 0 bridgehead atoms. The topological polar surface area (TPSA) is 24.1 Å². The number of nitrogens with one attached hydrogen (secondary N) is 2. The Morgan fingerprint density at radius 2 is 1.71 bits per heavy atom. The molecular weight excluding hydrogens is 324 g/mol. The van der Waals surface area contributed by atoms with Gasteiger partial charge in [-0.05, 0) is 62.2 Å². The maximum Gasteiger partial charge on any atom is 0.0208 e. The zero-order valence-electron chi connectivity index (χ0n) is 13.3. The lowest BCUT2D eigenvalue weighted by Gasteiger charge is -2.24. The zero-order chi connectivity index (χ0) is 15.5. The van der Waals surface area contributed by atoms with Crippen molar-refractivity contribution in [3.8, 4) is 0 Å². The summed E-state index contributed by atoms with van der Waals surface area (Å²) in [7, 11) is 0. The van der Waals surface area contributed by atoms with Crippen molar-refractivity contribution in [2.24, 2.45) is 0 Å². The van der Waals surface area contributed by atoms with Crippen molar-refractivity contribution in [1.82, 2.24) is 10.6 Å². The normalized spacial score (nSPS) is 13.6. The second-order valence-electron chi connectivity index (χ2n) is 6.74. The highest BCUT2D eigenvalue weighted by atomic mass is 79.9. The summed E-state index contributed by atoms with van der Waals surface area (Å²) in [5.41, 5.74) is 1.50. The Morgan fingerprint density at radius 3 is 2.43 bits per heavy atom. The zero-order valence-corrected chi connectivity index (χ0v) is 14.9. The van der Waals surface area contributed by atoms with Crippen LogP contribution in [0.4, 0.5) is 0 Å². The molecule has 0 fully saturated rings. The molecular formula is C18H25BrN2. The Morgan fingerprint density at radius 1 is 1.05 bits per heavy atom. The molecule has 2 N–H and O–H groups in total. The highest BCUT2D eigenvalue weighted by Gasteiger charge is 2.10. The molecule has 0 saturated carbocycles. The van der Waals surface area contributed by atoms with Crippen LogP contribution in [0.1, 0.15) is 33.3 Å². The van der Waals surface area contributed by atoms with Gasteiger partial charge < -0.3 is 10.6 Å². The third-order valence-corrected chi connectivity index (χ3v) is 3.95. The SMILES string of the molecule is CC(CNC(C)(C)C)NCc1ccc2cc(Br)ccc2c1. The smallest absolute Gasteiger partial charge is 0.0208 e. The average molecular weight is 349 g/mol. The quantitative estimate of drug-likeness (QED) is 0.832. The predicted octanol–water partition coefficient (Wildman–Crippen LogP) is 4.47. The van der Waals surface area contributed by atoms with E-state index in [1.165, 1.54) is 16.3 Å². The third kappa shape index (κ3) is 5.42. The fraction of sp³-hybridized carbons (Fsp3) is 0.444. The number of fused-ring (bicyclic) bond motifs is 1. The van der Waals surface area contributed by atoms with E-state index in [-0.39, 0.29) is 5.54 Å². The minimum absolute atomic E-state index is 0.173. The molecule has 0 spiro atoms. The van der Waals surface area contributed by atoms with E-state index in [9.17, 15) is 0 Å². The first kappa shape index (κ1) is 16.5. The molecule has 0 aliphatic rings. The lowest BCUT2D eigenvalue weighted by atomic mass is 10.1. The first-order valence-corrected chi connectivity index (χ1v) is 8.29. The maximum atomic E-state index is 3.58. The maximum absolute atomic E-state index is 3.58. The van der Waals surface area contributed by atoms with Crippen LogP contribution in [-0.4, -0.2) is 18.1 Å². The number of hydrogen-bond acceptors (Lipinski definition) is 2. The predicted molar refractivity (Wildman–Crippen MR) is 95.7 cm³/mol. The van der Waals surface area contributed by atoms with E-state index >= 15 is 0 Å². The molecule has 2 nitrogen and oxygen atoms in total. The first-order valence-electron chi connectivity index (χ1n) is 7.50. The standard InChI is InChI=1S/C18H25BrN2/c1-13(11-21-18(2,3)4)20-12-14-5-6-16-10-17(19)8-7-15(16)9-14/h5-10,13,20-21H,11-12H2,1-4H3. The molecule has 114 valence electrons. The van der Waals surface area contributed by atoms with E-state index in [2.05, 4.69) is 90.7 Å². The van der Waals surface area contributed by atoms with Gasteiger partial charge in [-0.2, -0.15) is 0 Å². The van der Waals surface area contributed by atoms with Crippen LogP contribution in [0.15, 0.2) is 40.9 Å². The Bertz CT molecular complexity index is 602.